The van der Waals surface area contributed by atoms with Gasteiger partial charge in [0.25, 0.3) is 0 Å². The molecule has 0 saturated carbocycles. The van der Waals surface area contributed by atoms with Crippen LogP contribution in [0.5, 0.6) is 0 Å². The minimum Gasteiger partial charge on any atom is -0.345 e. The minimum atomic E-state index is 0.493. The molecule has 0 aliphatic carbocycles. The molecule has 16 heavy (non-hydrogen) atoms. The van der Waals surface area contributed by atoms with Crippen molar-refractivity contribution < 1.29 is 0 Å². The lowest BCUT2D eigenvalue weighted by Crippen LogP contribution is -1.91. The Morgan fingerprint density at radius 3 is 2.56 bits per heavy atom. The Balaban J connectivity index is 2.65. The molecule has 1 aromatic carbocycles. The third kappa shape index (κ3) is 1.88. The molecule has 0 aliphatic heterocycles. The highest BCUT2D eigenvalue weighted by Crippen LogP contribution is 2.21. The number of hydrogen-bond donors (Lipinski definition) is 1. The lowest BCUT2D eigenvalue weighted by atomic mass is 10.1. The smallest absolute Gasteiger partial charge is 0.121 e. The molecular weight excluding hydrogens is 216 g/mol. The third-order valence-electron chi connectivity index (χ3n) is 2.42. The first-order chi connectivity index (χ1) is 7.72. The van der Waals surface area contributed by atoms with Gasteiger partial charge in [-0.25, -0.2) is 0 Å². The average Bonchev–Trinajstić information content (AvgIpc) is 2.32. The highest BCUT2D eigenvalue weighted by atomic mass is 32.1. The summed E-state index contributed by atoms with van der Waals surface area (Å²) in [6.45, 7) is 1.97. The summed E-state index contributed by atoms with van der Waals surface area (Å²) in [5.74, 6) is 0. The first-order valence-corrected chi connectivity index (χ1v) is 5.32. The first-order valence-electron chi connectivity index (χ1n) is 4.92. The normalized spacial score (nSPS) is 9.75. The van der Waals surface area contributed by atoms with Crippen LogP contribution in [-0.4, -0.2) is 4.98 Å². The molecule has 1 aromatic heterocycles. The number of pyridine rings is 1. The van der Waals surface area contributed by atoms with Gasteiger partial charge in [0.1, 0.15) is 10.7 Å². The van der Waals surface area contributed by atoms with E-state index in [1.165, 1.54) is 0 Å². The van der Waals surface area contributed by atoms with E-state index in [0.717, 1.165) is 16.8 Å². The van der Waals surface area contributed by atoms with E-state index in [1.807, 2.05) is 43.3 Å². The summed E-state index contributed by atoms with van der Waals surface area (Å²) in [6.07, 6.45) is 0. The maximum absolute atomic E-state index is 8.87. The first kappa shape index (κ1) is 10.6. The Bertz CT molecular complexity index is 606. The number of aromatic amines is 1. The van der Waals surface area contributed by atoms with Crippen molar-refractivity contribution in [1.29, 1.82) is 5.26 Å². The molecule has 0 radical (unpaired) electrons. The van der Waals surface area contributed by atoms with Crippen molar-refractivity contribution in [3.05, 3.63) is 52.2 Å². The number of nitriles is 1. The lowest BCUT2D eigenvalue weighted by molar-refractivity contribution is 1.23. The van der Waals surface area contributed by atoms with E-state index in [1.54, 1.807) is 0 Å². The number of nitrogens with zero attached hydrogens (tertiary/aromatic N) is 1. The highest BCUT2D eigenvalue weighted by Gasteiger charge is 2.04. The fourth-order valence-electron chi connectivity index (χ4n) is 1.62. The van der Waals surface area contributed by atoms with Gasteiger partial charge in [-0.05, 0) is 24.1 Å². The number of aromatic nitrogens is 1. The van der Waals surface area contributed by atoms with Crippen LogP contribution in [0.1, 0.15) is 11.1 Å². The standard InChI is InChI=1S/C13H10N2S/c1-9-7-11(8-14)13(16)15-12(9)10-5-3-2-4-6-10/h2-7H,1H3,(H,15,16). The average molecular weight is 226 g/mol. The Hall–Kier alpha value is -1.92. The molecule has 1 N–H and O–H groups in total. The molecule has 0 fully saturated rings. The zero-order valence-electron chi connectivity index (χ0n) is 8.82. The van der Waals surface area contributed by atoms with Gasteiger partial charge in [-0.2, -0.15) is 5.26 Å². The van der Waals surface area contributed by atoms with Gasteiger partial charge < -0.3 is 4.98 Å². The van der Waals surface area contributed by atoms with E-state index in [4.69, 9.17) is 17.5 Å². The van der Waals surface area contributed by atoms with Gasteiger partial charge in [0.15, 0.2) is 0 Å². The second-order valence-corrected chi connectivity index (χ2v) is 3.96. The molecule has 3 heteroatoms. The Kier molecular flexibility index (Phi) is 2.84. The molecule has 2 aromatic rings. The third-order valence-corrected chi connectivity index (χ3v) is 2.74. The van der Waals surface area contributed by atoms with Crippen molar-refractivity contribution >= 4 is 12.2 Å². The Morgan fingerprint density at radius 1 is 1.25 bits per heavy atom. The molecule has 0 atom stereocenters. The monoisotopic (exact) mass is 226 g/mol. The van der Waals surface area contributed by atoms with Gasteiger partial charge in [0, 0.05) is 5.69 Å². The van der Waals surface area contributed by atoms with E-state index in [-0.39, 0.29) is 0 Å². The van der Waals surface area contributed by atoms with Crippen LogP contribution in [0.4, 0.5) is 0 Å². The SMILES string of the molecule is Cc1cc(C#N)c(=S)[nH]c1-c1ccccc1. The molecule has 0 amide bonds. The topological polar surface area (TPSA) is 39.6 Å². The van der Waals surface area contributed by atoms with E-state index in [9.17, 15) is 0 Å². The van der Waals surface area contributed by atoms with Crippen LogP contribution >= 0.6 is 12.2 Å². The summed E-state index contributed by atoms with van der Waals surface area (Å²) in [7, 11) is 0. The summed E-state index contributed by atoms with van der Waals surface area (Å²) in [5.41, 5.74) is 3.60. The molecule has 2 rings (SSSR count). The molecule has 0 saturated heterocycles. The molecular formula is C13H10N2S. The zero-order valence-corrected chi connectivity index (χ0v) is 9.64. The summed E-state index contributed by atoms with van der Waals surface area (Å²) >= 11 is 5.12. The fraction of sp³-hybridized carbons (Fsp3) is 0.0769. The van der Waals surface area contributed by atoms with Crippen LogP contribution in [0, 0.1) is 22.9 Å². The predicted molar refractivity (Wildman–Crippen MR) is 66.5 cm³/mol. The largest absolute Gasteiger partial charge is 0.345 e. The van der Waals surface area contributed by atoms with Crippen LogP contribution in [0.3, 0.4) is 0 Å². The van der Waals surface area contributed by atoms with Gasteiger partial charge in [-0.1, -0.05) is 42.5 Å². The molecule has 0 spiro atoms. The van der Waals surface area contributed by atoms with E-state index in [0.29, 0.717) is 10.2 Å². The van der Waals surface area contributed by atoms with Crippen LogP contribution in [0.2, 0.25) is 0 Å². The number of aryl methyl sites for hydroxylation is 1. The summed E-state index contributed by atoms with van der Waals surface area (Å²) in [6, 6.07) is 13.8. The van der Waals surface area contributed by atoms with Crippen molar-refractivity contribution in [1.82, 2.24) is 4.98 Å². The van der Waals surface area contributed by atoms with Crippen molar-refractivity contribution in [3.63, 3.8) is 0 Å². The second kappa shape index (κ2) is 4.30. The maximum Gasteiger partial charge on any atom is 0.121 e. The van der Waals surface area contributed by atoms with Gasteiger partial charge in [-0.15, -0.1) is 0 Å². The van der Waals surface area contributed by atoms with E-state index in [2.05, 4.69) is 11.1 Å². The Labute approximate surface area is 99.2 Å². The quantitative estimate of drug-likeness (QED) is 0.755. The summed E-state index contributed by atoms with van der Waals surface area (Å²) in [5, 5.41) is 8.87. The zero-order chi connectivity index (χ0) is 11.5. The number of hydrogen-bond acceptors (Lipinski definition) is 2. The van der Waals surface area contributed by atoms with Crippen LogP contribution < -0.4 is 0 Å². The van der Waals surface area contributed by atoms with Gasteiger partial charge in [-0.3, -0.25) is 0 Å². The van der Waals surface area contributed by atoms with Gasteiger partial charge >= 0.3 is 0 Å². The second-order valence-electron chi connectivity index (χ2n) is 3.55. The molecule has 0 aliphatic rings. The predicted octanol–water partition coefficient (Wildman–Crippen LogP) is 3.59. The van der Waals surface area contributed by atoms with Crippen molar-refractivity contribution in [2.75, 3.05) is 0 Å². The number of benzene rings is 1. The molecule has 0 bridgehead atoms. The highest BCUT2D eigenvalue weighted by molar-refractivity contribution is 7.71. The van der Waals surface area contributed by atoms with Gasteiger partial charge in [0.05, 0.1) is 5.56 Å². The molecule has 0 unspecified atom stereocenters. The van der Waals surface area contributed by atoms with Crippen LogP contribution in [0.15, 0.2) is 36.4 Å². The fourth-order valence-corrected chi connectivity index (χ4v) is 1.83. The maximum atomic E-state index is 8.87. The molecule has 1 heterocycles. The molecule has 78 valence electrons. The lowest BCUT2D eigenvalue weighted by Gasteiger charge is -2.06. The number of rotatable bonds is 1. The number of H-pyrrole nitrogens is 1. The van der Waals surface area contributed by atoms with E-state index >= 15 is 0 Å². The van der Waals surface area contributed by atoms with Crippen LogP contribution in [0.25, 0.3) is 11.3 Å². The van der Waals surface area contributed by atoms with Crippen molar-refractivity contribution in [2.24, 2.45) is 0 Å². The van der Waals surface area contributed by atoms with E-state index < -0.39 is 0 Å². The Morgan fingerprint density at radius 2 is 1.94 bits per heavy atom. The van der Waals surface area contributed by atoms with Gasteiger partial charge in [0.2, 0.25) is 0 Å². The van der Waals surface area contributed by atoms with Crippen LogP contribution in [-0.2, 0) is 0 Å². The van der Waals surface area contributed by atoms with Crippen molar-refractivity contribution in [3.8, 4) is 17.3 Å². The van der Waals surface area contributed by atoms with Crippen molar-refractivity contribution in [2.45, 2.75) is 6.92 Å². The minimum absolute atomic E-state index is 0.493. The number of nitrogens with one attached hydrogen (secondary N) is 1. The summed E-state index contributed by atoms with van der Waals surface area (Å²) in [4.78, 5) is 3.10. The molecule has 2 nitrogen and oxygen atoms in total. The summed E-state index contributed by atoms with van der Waals surface area (Å²) < 4.78 is 0.493.